The van der Waals surface area contributed by atoms with Crippen molar-refractivity contribution in [1.29, 1.82) is 0 Å². The number of nitrogens with one attached hydrogen (secondary N) is 1. The van der Waals surface area contributed by atoms with Crippen LogP contribution in [0.2, 0.25) is 0 Å². The summed E-state index contributed by atoms with van der Waals surface area (Å²) >= 11 is 0. The molecule has 0 heterocycles. The average molecular weight is 189 g/mol. The molecule has 0 spiro atoms. The summed E-state index contributed by atoms with van der Waals surface area (Å²) in [6.07, 6.45) is 1.90. The zero-order valence-corrected chi connectivity index (χ0v) is 9.03. The van der Waals surface area contributed by atoms with Gasteiger partial charge in [0.15, 0.2) is 0 Å². The smallest absolute Gasteiger partial charge is 0.0346 e. The summed E-state index contributed by atoms with van der Waals surface area (Å²) in [5, 5.41) is 3.47. The van der Waals surface area contributed by atoms with Gasteiger partial charge in [0.25, 0.3) is 0 Å². The van der Waals surface area contributed by atoms with Crippen molar-refractivity contribution in [2.75, 3.05) is 6.54 Å². The van der Waals surface area contributed by atoms with Crippen molar-refractivity contribution in [1.82, 2.24) is 5.32 Å². The van der Waals surface area contributed by atoms with Crippen LogP contribution >= 0.6 is 0 Å². The fourth-order valence-corrected chi connectivity index (χ4v) is 1.61. The second-order valence-electron chi connectivity index (χ2n) is 3.83. The van der Waals surface area contributed by atoms with Crippen molar-refractivity contribution in [3.8, 4) is 0 Å². The fraction of sp³-hybridized carbons (Fsp3) is 0.385. The topological polar surface area (TPSA) is 12.0 Å². The summed E-state index contributed by atoms with van der Waals surface area (Å²) < 4.78 is 0. The molecule has 1 atom stereocenters. The molecule has 0 aromatic heterocycles. The summed E-state index contributed by atoms with van der Waals surface area (Å²) in [5.74, 6) is 0.595. The molecule has 76 valence electrons. The van der Waals surface area contributed by atoms with Crippen LogP contribution < -0.4 is 5.32 Å². The van der Waals surface area contributed by atoms with Gasteiger partial charge in [-0.3, -0.25) is 0 Å². The third-order valence-corrected chi connectivity index (χ3v) is 2.31. The van der Waals surface area contributed by atoms with E-state index >= 15 is 0 Å². The van der Waals surface area contributed by atoms with Crippen molar-refractivity contribution < 1.29 is 0 Å². The van der Waals surface area contributed by atoms with Crippen LogP contribution in [0.3, 0.4) is 0 Å². The maximum atomic E-state index is 3.72. The Labute approximate surface area is 86.8 Å². The van der Waals surface area contributed by atoms with Gasteiger partial charge in [-0.15, -0.1) is 6.58 Å². The molecule has 0 aliphatic heterocycles. The second-order valence-corrected chi connectivity index (χ2v) is 3.83. The molecule has 0 fully saturated rings. The molecule has 0 aliphatic carbocycles. The van der Waals surface area contributed by atoms with Gasteiger partial charge in [0.05, 0.1) is 0 Å². The van der Waals surface area contributed by atoms with E-state index in [1.807, 2.05) is 12.1 Å². The minimum atomic E-state index is 0.425. The number of hydrogen-bond acceptors (Lipinski definition) is 1. The maximum absolute atomic E-state index is 3.72. The van der Waals surface area contributed by atoms with Gasteiger partial charge < -0.3 is 5.32 Å². The zero-order chi connectivity index (χ0) is 10.4. The molecule has 14 heavy (non-hydrogen) atoms. The van der Waals surface area contributed by atoms with Gasteiger partial charge in [0.1, 0.15) is 0 Å². The Balaban J connectivity index is 2.72. The SMILES string of the molecule is C=CCNC(c1ccccc1)C(C)C. The Hall–Kier alpha value is -1.08. The van der Waals surface area contributed by atoms with Crippen LogP contribution in [0.25, 0.3) is 0 Å². The lowest BCUT2D eigenvalue weighted by molar-refractivity contribution is 0.429. The Bertz CT molecular complexity index is 264. The molecule has 0 aliphatic rings. The van der Waals surface area contributed by atoms with Crippen LogP contribution in [0.4, 0.5) is 0 Å². The van der Waals surface area contributed by atoms with E-state index in [2.05, 4.69) is 50.0 Å². The Morgan fingerprint density at radius 3 is 2.43 bits per heavy atom. The van der Waals surface area contributed by atoms with Crippen molar-refractivity contribution in [3.63, 3.8) is 0 Å². The molecule has 0 saturated carbocycles. The van der Waals surface area contributed by atoms with E-state index < -0.39 is 0 Å². The molecular formula is C13H19N. The van der Waals surface area contributed by atoms with Crippen molar-refractivity contribution in [2.24, 2.45) is 5.92 Å². The van der Waals surface area contributed by atoms with Crippen LogP contribution in [0.1, 0.15) is 25.5 Å². The van der Waals surface area contributed by atoms with Crippen LogP contribution in [0, 0.1) is 5.92 Å². The lowest BCUT2D eigenvalue weighted by Gasteiger charge is -2.22. The highest BCUT2D eigenvalue weighted by molar-refractivity contribution is 5.19. The Morgan fingerprint density at radius 1 is 1.29 bits per heavy atom. The standard InChI is InChI=1S/C13H19N/c1-4-10-14-13(11(2)3)12-8-6-5-7-9-12/h4-9,11,13-14H,1,10H2,2-3H3. The average Bonchev–Trinajstić information content (AvgIpc) is 2.19. The summed E-state index contributed by atoms with van der Waals surface area (Å²) in [6.45, 7) is 9.04. The predicted molar refractivity (Wildman–Crippen MR) is 62.2 cm³/mol. The molecule has 1 unspecified atom stereocenters. The Kier molecular flexibility index (Phi) is 4.41. The largest absolute Gasteiger partial charge is 0.306 e. The minimum absolute atomic E-state index is 0.425. The van der Waals surface area contributed by atoms with Gasteiger partial charge in [-0.1, -0.05) is 50.3 Å². The van der Waals surface area contributed by atoms with E-state index in [0.717, 1.165) is 6.54 Å². The van der Waals surface area contributed by atoms with Gasteiger partial charge in [-0.05, 0) is 11.5 Å². The predicted octanol–water partition coefficient (Wildman–Crippen LogP) is 3.16. The molecule has 1 aromatic carbocycles. The highest BCUT2D eigenvalue weighted by Crippen LogP contribution is 2.20. The molecule has 0 amide bonds. The monoisotopic (exact) mass is 189 g/mol. The van der Waals surface area contributed by atoms with Gasteiger partial charge in [-0.25, -0.2) is 0 Å². The molecule has 1 aromatic rings. The fourth-order valence-electron chi connectivity index (χ4n) is 1.61. The molecule has 0 saturated heterocycles. The van der Waals surface area contributed by atoms with Gasteiger partial charge in [0, 0.05) is 12.6 Å². The number of benzene rings is 1. The summed E-state index contributed by atoms with van der Waals surface area (Å²) in [4.78, 5) is 0. The Morgan fingerprint density at radius 2 is 1.93 bits per heavy atom. The van der Waals surface area contributed by atoms with E-state index in [0.29, 0.717) is 12.0 Å². The first-order valence-corrected chi connectivity index (χ1v) is 5.15. The van der Waals surface area contributed by atoms with Gasteiger partial charge in [-0.2, -0.15) is 0 Å². The lowest BCUT2D eigenvalue weighted by Crippen LogP contribution is -2.25. The van der Waals surface area contributed by atoms with Crippen LogP contribution in [0.15, 0.2) is 43.0 Å². The summed E-state index contributed by atoms with van der Waals surface area (Å²) in [6, 6.07) is 11.0. The van der Waals surface area contributed by atoms with Crippen LogP contribution in [-0.2, 0) is 0 Å². The van der Waals surface area contributed by atoms with Gasteiger partial charge >= 0.3 is 0 Å². The molecule has 1 rings (SSSR count). The quantitative estimate of drug-likeness (QED) is 0.702. The van der Waals surface area contributed by atoms with E-state index in [-0.39, 0.29) is 0 Å². The number of hydrogen-bond donors (Lipinski definition) is 1. The van der Waals surface area contributed by atoms with Crippen molar-refractivity contribution in [3.05, 3.63) is 48.6 Å². The minimum Gasteiger partial charge on any atom is -0.306 e. The maximum Gasteiger partial charge on any atom is 0.0346 e. The highest BCUT2D eigenvalue weighted by atomic mass is 14.9. The lowest BCUT2D eigenvalue weighted by atomic mass is 9.96. The first-order chi connectivity index (χ1) is 6.75. The van der Waals surface area contributed by atoms with E-state index in [9.17, 15) is 0 Å². The first kappa shape index (κ1) is 11.0. The summed E-state index contributed by atoms with van der Waals surface area (Å²) in [7, 11) is 0. The normalized spacial score (nSPS) is 12.8. The number of rotatable bonds is 5. The van der Waals surface area contributed by atoms with E-state index in [1.165, 1.54) is 5.56 Å². The van der Waals surface area contributed by atoms with E-state index in [1.54, 1.807) is 0 Å². The van der Waals surface area contributed by atoms with Crippen LogP contribution in [-0.4, -0.2) is 6.54 Å². The van der Waals surface area contributed by atoms with Crippen LogP contribution in [0.5, 0.6) is 0 Å². The molecule has 1 heteroatoms. The van der Waals surface area contributed by atoms with Crippen molar-refractivity contribution >= 4 is 0 Å². The first-order valence-electron chi connectivity index (χ1n) is 5.15. The van der Waals surface area contributed by atoms with Gasteiger partial charge in [0.2, 0.25) is 0 Å². The molecular weight excluding hydrogens is 170 g/mol. The molecule has 0 radical (unpaired) electrons. The third kappa shape index (κ3) is 3.00. The highest BCUT2D eigenvalue weighted by Gasteiger charge is 2.13. The second kappa shape index (κ2) is 5.61. The molecule has 1 nitrogen and oxygen atoms in total. The van der Waals surface area contributed by atoms with Crippen molar-refractivity contribution in [2.45, 2.75) is 19.9 Å². The third-order valence-electron chi connectivity index (χ3n) is 2.31. The van der Waals surface area contributed by atoms with E-state index in [4.69, 9.17) is 0 Å². The molecule has 0 bridgehead atoms. The summed E-state index contributed by atoms with van der Waals surface area (Å²) in [5.41, 5.74) is 1.35. The molecule has 1 N–H and O–H groups in total. The zero-order valence-electron chi connectivity index (χ0n) is 9.03.